The van der Waals surface area contributed by atoms with Crippen LogP contribution in [0.3, 0.4) is 0 Å². The van der Waals surface area contributed by atoms with Gasteiger partial charge < -0.3 is 19.5 Å². The van der Waals surface area contributed by atoms with Crippen LogP contribution < -0.4 is 14.8 Å². The van der Waals surface area contributed by atoms with E-state index in [1.807, 2.05) is 13.0 Å². The van der Waals surface area contributed by atoms with Gasteiger partial charge in [-0.1, -0.05) is 12.7 Å². The number of rotatable bonds is 9. The number of carbonyl (C=O) groups is 2. The number of hydrogen-bond donors (Lipinski definition) is 1. The standard InChI is InChI=1S/C23H23BrN2O5S/c1-6-8-31-20-17(24)10-15(11-18(20)29-5)9-16(12-25)21(27)26-22-19(23(28)30-7-2)13(3)14(4)32-22/h6,9-11H,1,7-8H2,2-5H3,(H,26,27)/b16-9+. The summed E-state index contributed by atoms with van der Waals surface area (Å²) in [6, 6.07) is 5.26. The minimum absolute atomic E-state index is 0.141. The highest BCUT2D eigenvalue weighted by Crippen LogP contribution is 2.37. The van der Waals surface area contributed by atoms with E-state index in [-0.39, 0.29) is 12.2 Å². The lowest BCUT2D eigenvalue weighted by Crippen LogP contribution is -2.16. The van der Waals surface area contributed by atoms with E-state index in [4.69, 9.17) is 14.2 Å². The van der Waals surface area contributed by atoms with Crippen molar-refractivity contribution < 1.29 is 23.8 Å². The van der Waals surface area contributed by atoms with Gasteiger partial charge in [0.2, 0.25) is 0 Å². The molecule has 0 aliphatic heterocycles. The zero-order valence-corrected chi connectivity index (χ0v) is 20.6. The smallest absolute Gasteiger partial charge is 0.341 e. The van der Waals surface area contributed by atoms with E-state index < -0.39 is 11.9 Å². The Kier molecular flexibility index (Phi) is 9.05. The fourth-order valence-corrected chi connectivity index (χ4v) is 4.37. The van der Waals surface area contributed by atoms with Gasteiger partial charge in [-0.2, -0.15) is 5.26 Å². The van der Waals surface area contributed by atoms with Gasteiger partial charge in [-0.3, -0.25) is 4.79 Å². The number of thiophene rings is 1. The van der Waals surface area contributed by atoms with E-state index >= 15 is 0 Å². The summed E-state index contributed by atoms with van der Waals surface area (Å²) in [5.41, 5.74) is 1.44. The van der Waals surface area contributed by atoms with E-state index in [1.54, 1.807) is 32.1 Å². The number of carbonyl (C=O) groups excluding carboxylic acids is 2. The minimum Gasteiger partial charge on any atom is -0.493 e. The predicted molar refractivity (Wildman–Crippen MR) is 128 cm³/mol. The number of halogens is 1. The minimum atomic E-state index is -0.638. The molecule has 1 amide bonds. The van der Waals surface area contributed by atoms with Crippen molar-refractivity contribution in [2.75, 3.05) is 25.6 Å². The van der Waals surface area contributed by atoms with Gasteiger partial charge in [-0.25, -0.2) is 4.79 Å². The van der Waals surface area contributed by atoms with Crippen molar-refractivity contribution in [1.82, 2.24) is 0 Å². The van der Waals surface area contributed by atoms with Crippen molar-refractivity contribution in [3.8, 4) is 17.6 Å². The largest absolute Gasteiger partial charge is 0.493 e. The maximum Gasteiger partial charge on any atom is 0.341 e. The zero-order valence-electron chi connectivity index (χ0n) is 18.2. The number of nitrogens with zero attached hydrogens (tertiary/aromatic N) is 1. The number of benzene rings is 1. The van der Waals surface area contributed by atoms with Crippen LogP contribution in [0.4, 0.5) is 5.00 Å². The van der Waals surface area contributed by atoms with Crippen molar-refractivity contribution in [3.05, 3.63) is 56.4 Å². The third kappa shape index (κ3) is 5.78. The van der Waals surface area contributed by atoms with Crippen molar-refractivity contribution >= 4 is 50.2 Å². The molecule has 0 radical (unpaired) electrons. The molecule has 0 atom stereocenters. The van der Waals surface area contributed by atoms with E-state index in [0.29, 0.717) is 38.7 Å². The van der Waals surface area contributed by atoms with Crippen molar-refractivity contribution in [1.29, 1.82) is 5.26 Å². The predicted octanol–water partition coefficient (Wildman–Crippen LogP) is 5.42. The molecule has 0 fully saturated rings. The summed E-state index contributed by atoms with van der Waals surface area (Å²) in [6.45, 7) is 9.47. The second-order valence-corrected chi connectivity index (χ2v) is 8.54. The highest BCUT2D eigenvalue weighted by molar-refractivity contribution is 9.10. The molecule has 2 aromatic rings. The topological polar surface area (TPSA) is 97.7 Å². The van der Waals surface area contributed by atoms with Crippen molar-refractivity contribution in [2.24, 2.45) is 0 Å². The van der Waals surface area contributed by atoms with Crippen LogP contribution in [0.25, 0.3) is 6.08 Å². The Balaban J connectivity index is 2.38. The van der Waals surface area contributed by atoms with Crippen molar-refractivity contribution in [3.63, 3.8) is 0 Å². The maximum absolute atomic E-state index is 12.8. The summed E-state index contributed by atoms with van der Waals surface area (Å²) in [5, 5.41) is 12.6. The molecule has 1 aromatic carbocycles. The van der Waals surface area contributed by atoms with Crippen LogP contribution in [0.15, 0.2) is 34.8 Å². The quantitative estimate of drug-likeness (QED) is 0.206. The lowest BCUT2D eigenvalue weighted by atomic mass is 10.1. The van der Waals surface area contributed by atoms with Crippen molar-refractivity contribution in [2.45, 2.75) is 20.8 Å². The Morgan fingerprint density at radius 2 is 2.06 bits per heavy atom. The Hall–Kier alpha value is -3.09. The Labute approximate surface area is 199 Å². The summed E-state index contributed by atoms with van der Waals surface area (Å²) >= 11 is 4.68. The van der Waals surface area contributed by atoms with Crippen LogP contribution in [0.5, 0.6) is 11.5 Å². The molecule has 168 valence electrons. The third-order valence-electron chi connectivity index (χ3n) is 4.37. The van der Waals surface area contributed by atoms with Crippen LogP contribution in [-0.4, -0.2) is 32.2 Å². The lowest BCUT2D eigenvalue weighted by molar-refractivity contribution is -0.112. The molecule has 32 heavy (non-hydrogen) atoms. The van der Waals surface area contributed by atoms with Gasteiger partial charge in [0.25, 0.3) is 5.91 Å². The van der Waals surface area contributed by atoms with Gasteiger partial charge in [0.15, 0.2) is 11.5 Å². The number of methoxy groups -OCH3 is 1. The van der Waals surface area contributed by atoms with Gasteiger partial charge in [0.1, 0.15) is 23.3 Å². The average molecular weight is 519 g/mol. The molecule has 0 aliphatic rings. The summed E-state index contributed by atoms with van der Waals surface area (Å²) < 4.78 is 16.7. The van der Waals surface area contributed by atoms with Gasteiger partial charge in [0, 0.05) is 4.88 Å². The van der Waals surface area contributed by atoms with E-state index in [9.17, 15) is 14.9 Å². The number of ether oxygens (including phenoxy) is 3. The monoisotopic (exact) mass is 518 g/mol. The average Bonchev–Trinajstić information content (AvgIpc) is 3.03. The molecule has 0 saturated heterocycles. The Bertz CT molecular complexity index is 1110. The first kappa shape index (κ1) is 25.2. The fourth-order valence-electron chi connectivity index (χ4n) is 2.76. The molecule has 1 heterocycles. The highest BCUT2D eigenvalue weighted by Gasteiger charge is 2.23. The summed E-state index contributed by atoms with van der Waals surface area (Å²) in [7, 11) is 1.49. The van der Waals surface area contributed by atoms with Crippen LogP contribution in [0.1, 0.15) is 33.3 Å². The summed E-state index contributed by atoms with van der Waals surface area (Å²) in [5.74, 6) is -0.243. The van der Waals surface area contributed by atoms with E-state index in [2.05, 4.69) is 27.8 Å². The van der Waals surface area contributed by atoms with Gasteiger partial charge >= 0.3 is 5.97 Å². The SMILES string of the molecule is C=CCOc1c(Br)cc(/C=C(\C#N)C(=O)Nc2sc(C)c(C)c2C(=O)OCC)cc1OC. The molecule has 1 N–H and O–H groups in total. The third-order valence-corrected chi connectivity index (χ3v) is 6.08. The number of nitrogens with one attached hydrogen (secondary N) is 1. The summed E-state index contributed by atoms with van der Waals surface area (Å²) in [6.07, 6.45) is 3.04. The first-order valence-corrected chi connectivity index (χ1v) is 11.2. The van der Waals surface area contributed by atoms with E-state index in [1.165, 1.54) is 24.5 Å². The molecule has 0 saturated carbocycles. The maximum atomic E-state index is 12.8. The highest BCUT2D eigenvalue weighted by atomic mass is 79.9. The zero-order chi connectivity index (χ0) is 23.8. The van der Waals surface area contributed by atoms with Gasteiger partial charge in [0.05, 0.1) is 23.8 Å². The first-order chi connectivity index (χ1) is 15.3. The molecule has 9 heteroatoms. The normalized spacial score (nSPS) is 10.8. The van der Waals surface area contributed by atoms with Crippen LogP contribution in [0.2, 0.25) is 0 Å². The van der Waals surface area contributed by atoms with E-state index in [0.717, 1.165) is 10.4 Å². The number of hydrogen-bond acceptors (Lipinski definition) is 7. The second-order valence-electron chi connectivity index (χ2n) is 6.47. The molecule has 1 aromatic heterocycles. The van der Waals surface area contributed by atoms with Gasteiger partial charge in [-0.05, 0) is 66.0 Å². The summed E-state index contributed by atoms with van der Waals surface area (Å²) in [4.78, 5) is 26.0. The van der Waals surface area contributed by atoms with Crippen LogP contribution >= 0.6 is 27.3 Å². The van der Waals surface area contributed by atoms with Crippen LogP contribution in [0, 0.1) is 25.2 Å². The molecular formula is C23H23BrN2O5S. The second kappa shape index (κ2) is 11.5. The molecular weight excluding hydrogens is 496 g/mol. The van der Waals surface area contributed by atoms with Gasteiger partial charge in [-0.15, -0.1) is 11.3 Å². The lowest BCUT2D eigenvalue weighted by Gasteiger charge is -2.12. The molecule has 0 unspecified atom stereocenters. The molecule has 0 bridgehead atoms. The number of nitriles is 1. The fraction of sp³-hybridized carbons (Fsp3) is 0.261. The molecule has 7 nitrogen and oxygen atoms in total. The molecule has 0 spiro atoms. The number of amides is 1. The van der Waals surface area contributed by atoms with Crippen LogP contribution in [-0.2, 0) is 9.53 Å². The Morgan fingerprint density at radius 1 is 1.34 bits per heavy atom. The molecule has 0 aliphatic carbocycles. The number of esters is 1. The number of anilines is 1. The Morgan fingerprint density at radius 3 is 2.66 bits per heavy atom. The number of aryl methyl sites for hydroxylation is 1. The first-order valence-electron chi connectivity index (χ1n) is 9.58. The molecule has 2 rings (SSSR count).